The van der Waals surface area contributed by atoms with Crippen molar-refractivity contribution < 1.29 is 14.1 Å². The summed E-state index contributed by atoms with van der Waals surface area (Å²) in [5.74, 6) is -0.514. The lowest BCUT2D eigenvalue weighted by Gasteiger charge is -2.09. The molecule has 0 aliphatic carbocycles. The number of nitrogens with one attached hydrogen (secondary N) is 1. The number of furan rings is 1. The lowest BCUT2D eigenvalue weighted by molar-refractivity contribution is -0.384. The third-order valence-electron chi connectivity index (χ3n) is 5.07. The Labute approximate surface area is 177 Å². The maximum Gasteiger partial charge on any atom is 0.307 e. The van der Waals surface area contributed by atoms with Gasteiger partial charge in [-0.2, -0.15) is 5.10 Å². The molecule has 0 bridgehead atoms. The van der Waals surface area contributed by atoms with Gasteiger partial charge in [0.1, 0.15) is 5.58 Å². The topological polar surface area (TPSA) is 103 Å². The number of hydrazone groups is 1. The average molecular weight is 416 g/mol. The van der Waals surface area contributed by atoms with Gasteiger partial charge in [0.2, 0.25) is 0 Å². The van der Waals surface area contributed by atoms with Gasteiger partial charge in [0.25, 0.3) is 5.69 Å². The molecule has 8 heteroatoms. The summed E-state index contributed by atoms with van der Waals surface area (Å²) in [4.78, 5) is 22.8. The lowest BCUT2D eigenvalue weighted by Crippen LogP contribution is -2.16. The van der Waals surface area contributed by atoms with Crippen LogP contribution < -0.4 is 5.43 Å². The van der Waals surface area contributed by atoms with Gasteiger partial charge in [0.15, 0.2) is 5.76 Å². The number of aromatic nitrogens is 1. The van der Waals surface area contributed by atoms with Crippen molar-refractivity contribution in [1.82, 2.24) is 9.99 Å². The molecule has 4 rings (SSSR count). The predicted molar refractivity (Wildman–Crippen MR) is 118 cm³/mol. The van der Waals surface area contributed by atoms with Crippen molar-refractivity contribution in [2.45, 2.75) is 20.8 Å². The summed E-state index contributed by atoms with van der Waals surface area (Å²) in [7, 11) is 0. The van der Waals surface area contributed by atoms with E-state index in [1.165, 1.54) is 29.8 Å². The number of carbonyl (C=O) groups is 1. The Kier molecular flexibility index (Phi) is 5.12. The molecule has 2 aromatic carbocycles. The number of amides is 1. The second-order valence-electron chi connectivity index (χ2n) is 7.29. The van der Waals surface area contributed by atoms with Gasteiger partial charge in [-0.3, -0.25) is 14.9 Å². The number of nitro groups is 1. The highest BCUT2D eigenvalue weighted by molar-refractivity contribution is 5.97. The zero-order valence-corrected chi connectivity index (χ0v) is 17.2. The SMILES string of the molecule is Cc1ccc(-n2c(C)cc(/C=N/NC(=O)c3cc4cc([N+](=O)[O-])ccc4o3)c2C)cc1. The molecular formula is C23H20N4O4. The van der Waals surface area contributed by atoms with Crippen LogP contribution in [0.15, 0.2) is 64.1 Å². The van der Waals surface area contributed by atoms with Crippen LogP contribution in [0.2, 0.25) is 0 Å². The molecule has 0 saturated heterocycles. The zero-order chi connectivity index (χ0) is 22.1. The number of fused-ring (bicyclic) bond motifs is 1. The van der Waals surface area contributed by atoms with Crippen molar-refractivity contribution >= 4 is 28.8 Å². The number of carbonyl (C=O) groups excluding carboxylic acids is 1. The fraction of sp³-hybridized carbons (Fsp3) is 0.130. The van der Waals surface area contributed by atoms with Crippen LogP contribution in [0.3, 0.4) is 0 Å². The summed E-state index contributed by atoms with van der Waals surface area (Å²) in [5.41, 5.74) is 7.93. The number of benzene rings is 2. The van der Waals surface area contributed by atoms with E-state index >= 15 is 0 Å². The van der Waals surface area contributed by atoms with Crippen LogP contribution in [0.5, 0.6) is 0 Å². The first-order chi connectivity index (χ1) is 14.8. The standard InChI is InChI=1S/C23H20N4O4/c1-14-4-6-19(7-5-14)26-15(2)10-18(16(26)3)13-24-25-23(28)22-12-17-11-20(27(29)30)8-9-21(17)31-22/h4-13H,1-3H3,(H,25,28)/b24-13+. The Morgan fingerprint density at radius 1 is 1.10 bits per heavy atom. The molecule has 4 aromatic rings. The molecule has 1 N–H and O–H groups in total. The van der Waals surface area contributed by atoms with Crippen LogP contribution in [0.4, 0.5) is 5.69 Å². The van der Waals surface area contributed by atoms with Gasteiger partial charge in [-0.15, -0.1) is 0 Å². The monoisotopic (exact) mass is 416 g/mol. The molecule has 0 atom stereocenters. The summed E-state index contributed by atoms with van der Waals surface area (Å²) in [6.07, 6.45) is 1.58. The molecule has 156 valence electrons. The van der Waals surface area contributed by atoms with Crippen molar-refractivity contribution in [3.05, 3.63) is 93.0 Å². The van der Waals surface area contributed by atoms with Gasteiger partial charge in [-0.1, -0.05) is 17.7 Å². The van der Waals surface area contributed by atoms with E-state index in [-0.39, 0.29) is 11.4 Å². The number of non-ortho nitro benzene ring substituents is 1. The Bertz CT molecular complexity index is 1330. The molecule has 0 spiro atoms. The van der Waals surface area contributed by atoms with Crippen LogP contribution in [-0.4, -0.2) is 21.6 Å². The van der Waals surface area contributed by atoms with Crippen molar-refractivity contribution in [2.75, 3.05) is 0 Å². The second-order valence-corrected chi connectivity index (χ2v) is 7.29. The summed E-state index contributed by atoms with van der Waals surface area (Å²) < 4.78 is 7.59. The normalized spacial score (nSPS) is 11.3. The first-order valence-electron chi connectivity index (χ1n) is 9.61. The molecule has 2 heterocycles. The summed E-state index contributed by atoms with van der Waals surface area (Å²) in [5, 5.41) is 15.4. The van der Waals surface area contributed by atoms with Crippen LogP contribution in [0.1, 0.15) is 33.1 Å². The molecule has 0 aliphatic rings. The van der Waals surface area contributed by atoms with Gasteiger partial charge < -0.3 is 8.98 Å². The highest BCUT2D eigenvalue weighted by atomic mass is 16.6. The van der Waals surface area contributed by atoms with Gasteiger partial charge in [-0.25, -0.2) is 5.43 Å². The van der Waals surface area contributed by atoms with Crippen LogP contribution in [0, 0.1) is 30.9 Å². The first-order valence-corrected chi connectivity index (χ1v) is 9.61. The molecule has 0 unspecified atom stereocenters. The van der Waals surface area contributed by atoms with Crippen molar-refractivity contribution in [1.29, 1.82) is 0 Å². The second kappa shape index (κ2) is 7.91. The Morgan fingerprint density at radius 3 is 2.55 bits per heavy atom. The van der Waals surface area contributed by atoms with E-state index in [0.29, 0.717) is 11.0 Å². The molecule has 8 nitrogen and oxygen atoms in total. The summed E-state index contributed by atoms with van der Waals surface area (Å²) in [6, 6.07) is 15.8. The van der Waals surface area contributed by atoms with Gasteiger partial charge in [-0.05, 0) is 51.1 Å². The number of hydrogen-bond donors (Lipinski definition) is 1. The molecule has 0 aliphatic heterocycles. The fourth-order valence-corrected chi connectivity index (χ4v) is 3.48. The van der Waals surface area contributed by atoms with E-state index in [0.717, 1.165) is 22.6 Å². The molecule has 0 saturated carbocycles. The van der Waals surface area contributed by atoms with Crippen LogP contribution in [-0.2, 0) is 0 Å². The number of nitro benzene ring substituents is 1. The number of aryl methyl sites for hydroxylation is 2. The van der Waals surface area contributed by atoms with E-state index < -0.39 is 10.8 Å². The highest BCUT2D eigenvalue weighted by Crippen LogP contribution is 2.24. The molecule has 1 amide bonds. The molecule has 2 aromatic heterocycles. The molecule has 31 heavy (non-hydrogen) atoms. The van der Waals surface area contributed by atoms with Gasteiger partial charge >= 0.3 is 5.91 Å². The summed E-state index contributed by atoms with van der Waals surface area (Å²) in [6.45, 7) is 6.04. The number of rotatable bonds is 5. The largest absolute Gasteiger partial charge is 0.451 e. The Hall–Kier alpha value is -4.20. The van der Waals surface area contributed by atoms with Crippen LogP contribution in [0.25, 0.3) is 16.7 Å². The van der Waals surface area contributed by atoms with E-state index in [1.54, 1.807) is 6.21 Å². The number of hydrogen-bond acceptors (Lipinski definition) is 5. The predicted octanol–water partition coefficient (Wildman–Crippen LogP) is 4.82. The smallest absolute Gasteiger partial charge is 0.307 e. The van der Waals surface area contributed by atoms with Crippen molar-refractivity contribution in [3.8, 4) is 5.69 Å². The average Bonchev–Trinajstić information content (AvgIpc) is 3.29. The van der Waals surface area contributed by atoms with E-state index in [1.807, 2.05) is 26.8 Å². The third kappa shape index (κ3) is 3.95. The van der Waals surface area contributed by atoms with Crippen molar-refractivity contribution in [3.63, 3.8) is 0 Å². The van der Waals surface area contributed by atoms with Gasteiger partial charge in [0, 0.05) is 40.2 Å². The minimum atomic E-state index is -0.539. The Balaban J connectivity index is 1.51. The maximum absolute atomic E-state index is 12.4. The summed E-state index contributed by atoms with van der Waals surface area (Å²) >= 11 is 0. The van der Waals surface area contributed by atoms with E-state index in [2.05, 4.69) is 39.4 Å². The van der Waals surface area contributed by atoms with Gasteiger partial charge in [0.05, 0.1) is 11.1 Å². The fourth-order valence-electron chi connectivity index (χ4n) is 3.48. The maximum atomic E-state index is 12.4. The third-order valence-corrected chi connectivity index (χ3v) is 5.07. The molecular weight excluding hydrogens is 396 g/mol. The molecule has 0 radical (unpaired) electrons. The van der Waals surface area contributed by atoms with Crippen molar-refractivity contribution in [2.24, 2.45) is 5.10 Å². The van der Waals surface area contributed by atoms with E-state index in [9.17, 15) is 14.9 Å². The first kappa shape index (κ1) is 20.1. The minimum absolute atomic E-state index is 0.0257. The highest BCUT2D eigenvalue weighted by Gasteiger charge is 2.15. The lowest BCUT2D eigenvalue weighted by atomic mass is 10.2. The minimum Gasteiger partial charge on any atom is -0.451 e. The zero-order valence-electron chi connectivity index (χ0n) is 17.2. The number of nitrogens with zero attached hydrogens (tertiary/aromatic N) is 3. The quantitative estimate of drug-likeness (QED) is 0.286. The molecule has 0 fully saturated rings. The van der Waals surface area contributed by atoms with Crippen LogP contribution >= 0.6 is 0 Å². The van der Waals surface area contributed by atoms with E-state index in [4.69, 9.17) is 4.42 Å². The Morgan fingerprint density at radius 2 is 1.84 bits per heavy atom.